The van der Waals surface area contributed by atoms with Crippen LogP contribution < -0.4 is 21.7 Å². The van der Waals surface area contributed by atoms with E-state index in [1.54, 1.807) is 0 Å². The Bertz CT molecular complexity index is 806. The molecule has 0 spiro atoms. The monoisotopic (exact) mass is 445 g/mol. The van der Waals surface area contributed by atoms with Crippen molar-refractivity contribution in [2.24, 2.45) is 11.6 Å². The highest BCUT2D eigenvalue weighted by Crippen LogP contribution is 2.28. The number of aliphatic carboxylic acids is 1. The summed E-state index contributed by atoms with van der Waals surface area (Å²) < 4.78 is 15.2. The highest BCUT2D eigenvalue weighted by molar-refractivity contribution is 5.97. The van der Waals surface area contributed by atoms with Gasteiger partial charge in [0.15, 0.2) is 6.10 Å². The first-order valence-corrected chi connectivity index (χ1v) is 8.89. The number of carboxylic acid groups (broad SMARTS) is 1. The van der Waals surface area contributed by atoms with Gasteiger partial charge in [0.05, 0.1) is 12.2 Å². The van der Waals surface area contributed by atoms with Gasteiger partial charge in [-0.3, -0.25) is 4.79 Å². The fourth-order valence-corrected chi connectivity index (χ4v) is 2.69. The van der Waals surface area contributed by atoms with Gasteiger partial charge >= 0.3 is 12.1 Å². The maximum atomic E-state index is 12.5. The summed E-state index contributed by atoms with van der Waals surface area (Å²) in [6.07, 6.45) is -10.3. The molecule has 0 radical (unpaired) electrons. The third-order valence-corrected chi connectivity index (χ3v) is 4.23. The van der Waals surface area contributed by atoms with E-state index in [0.29, 0.717) is 5.56 Å². The van der Waals surface area contributed by atoms with Crippen LogP contribution >= 0.6 is 0 Å². The molecule has 31 heavy (non-hydrogen) atoms. The Morgan fingerprint density at radius 1 is 1.13 bits per heavy atom. The first kappa shape index (κ1) is 24.3. The molecular formula is C17H23N3O11. The molecule has 0 aromatic heterocycles. The lowest BCUT2D eigenvalue weighted by molar-refractivity contribution is -0.271. The van der Waals surface area contributed by atoms with Crippen molar-refractivity contribution >= 4 is 18.0 Å². The van der Waals surface area contributed by atoms with E-state index >= 15 is 0 Å². The smallest absolute Gasteiger partial charge is 0.404 e. The van der Waals surface area contributed by atoms with Crippen molar-refractivity contribution in [3.8, 4) is 5.75 Å². The fraction of sp³-hybridized carbons (Fsp3) is 0.471. The number of aliphatic hydroxyl groups is 3. The SMILES string of the molecule is NOCCNC(=O)c1cc(COC(N)=O)ccc1O[C@@H]1O[C@H](C(=O)O)[C@@H](O)[C@H](O)[C@H]1O. The van der Waals surface area contributed by atoms with E-state index in [4.69, 9.17) is 26.2 Å². The molecule has 1 aromatic rings. The van der Waals surface area contributed by atoms with Crippen LogP contribution in [0.5, 0.6) is 5.75 Å². The second-order valence-corrected chi connectivity index (χ2v) is 6.42. The van der Waals surface area contributed by atoms with Crippen LogP contribution in [0.1, 0.15) is 15.9 Å². The number of hydrogen-bond acceptors (Lipinski definition) is 11. The predicted molar refractivity (Wildman–Crippen MR) is 98.2 cm³/mol. The summed E-state index contributed by atoms with van der Waals surface area (Å²) in [6.45, 7) is -0.219. The first-order chi connectivity index (χ1) is 14.6. The Kier molecular flexibility index (Phi) is 8.49. The number of benzene rings is 1. The van der Waals surface area contributed by atoms with Crippen LogP contribution in [0.15, 0.2) is 18.2 Å². The van der Waals surface area contributed by atoms with Gasteiger partial charge in [-0.1, -0.05) is 6.07 Å². The minimum absolute atomic E-state index is 0.00122. The van der Waals surface area contributed by atoms with Crippen LogP contribution in [0.2, 0.25) is 0 Å². The second kappa shape index (κ2) is 10.9. The molecule has 1 fully saturated rings. The summed E-state index contributed by atoms with van der Waals surface area (Å²) in [5, 5.41) is 41.4. The van der Waals surface area contributed by atoms with Crippen LogP contribution in [-0.2, 0) is 25.7 Å². The molecule has 0 unspecified atom stereocenters. The molecule has 1 heterocycles. The van der Waals surface area contributed by atoms with Gasteiger partial charge in [0.25, 0.3) is 5.91 Å². The lowest BCUT2D eigenvalue weighted by Crippen LogP contribution is -2.61. The van der Waals surface area contributed by atoms with Gasteiger partial charge in [-0.25, -0.2) is 15.5 Å². The summed E-state index contributed by atoms with van der Waals surface area (Å²) in [6, 6.07) is 3.98. The minimum atomic E-state index is -1.90. The van der Waals surface area contributed by atoms with Crippen molar-refractivity contribution in [3.63, 3.8) is 0 Å². The van der Waals surface area contributed by atoms with E-state index in [1.807, 2.05) is 0 Å². The number of rotatable bonds is 9. The summed E-state index contributed by atoms with van der Waals surface area (Å²) in [7, 11) is 0. The molecule has 14 nitrogen and oxygen atoms in total. The molecule has 0 aliphatic carbocycles. The maximum Gasteiger partial charge on any atom is 0.404 e. The molecule has 9 N–H and O–H groups in total. The van der Waals surface area contributed by atoms with Crippen LogP contribution in [0.3, 0.4) is 0 Å². The van der Waals surface area contributed by atoms with Crippen LogP contribution in [-0.4, -0.2) is 82.3 Å². The third-order valence-electron chi connectivity index (χ3n) is 4.23. The molecule has 0 saturated carbocycles. The molecular weight excluding hydrogens is 422 g/mol. The Labute approximate surface area is 175 Å². The predicted octanol–water partition coefficient (Wildman–Crippen LogP) is -2.83. The van der Waals surface area contributed by atoms with Gasteiger partial charge in [-0.2, -0.15) is 0 Å². The molecule has 2 amide bonds. The molecule has 1 saturated heterocycles. The maximum absolute atomic E-state index is 12.5. The van der Waals surface area contributed by atoms with E-state index in [2.05, 4.69) is 14.9 Å². The Morgan fingerprint density at radius 2 is 1.84 bits per heavy atom. The van der Waals surface area contributed by atoms with Crippen molar-refractivity contribution in [1.29, 1.82) is 0 Å². The van der Waals surface area contributed by atoms with Gasteiger partial charge in [0, 0.05) is 6.54 Å². The number of aliphatic hydroxyl groups excluding tert-OH is 3. The molecule has 1 aromatic carbocycles. The summed E-state index contributed by atoms with van der Waals surface area (Å²) in [5.41, 5.74) is 5.17. The molecule has 0 bridgehead atoms. The summed E-state index contributed by atoms with van der Waals surface area (Å²) in [5.74, 6) is 2.48. The highest BCUT2D eigenvalue weighted by Gasteiger charge is 2.48. The topological polar surface area (TPSA) is 233 Å². The molecule has 172 valence electrons. The van der Waals surface area contributed by atoms with Crippen molar-refractivity contribution in [2.45, 2.75) is 37.3 Å². The van der Waals surface area contributed by atoms with E-state index < -0.39 is 48.7 Å². The zero-order chi connectivity index (χ0) is 23.1. The van der Waals surface area contributed by atoms with Crippen molar-refractivity contribution in [1.82, 2.24) is 5.32 Å². The third kappa shape index (κ3) is 6.24. The van der Waals surface area contributed by atoms with Crippen molar-refractivity contribution in [2.75, 3.05) is 13.2 Å². The highest BCUT2D eigenvalue weighted by atomic mass is 16.7. The Hall–Kier alpha value is -3.01. The number of carboxylic acids is 1. The van der Waals surface area contributed by atoms with Crippen molar-refractivity contribution < 1.29 is 53.9 Å². The van der Waals surface area contributed by atoms with Gasteiger partial charge < -0.3 is 50.5 Å². The molecule has 5 atom stereocenters. The van der Waals surface area contributed by atoms with E-state index in [0.717, 1.165) is 0 Å². The second-order valence-electron chi connectivity index (χ2n) is 6.42. The Morgan fingerprint density at radius 3 is 2.45 bits per heavy atom. The number of carbonyl (C=O) groups excluding carboxylic acids is 2. The minimum Gasteiger partial charge on any atom is -0.479 e. The number of amides is 2. The molecule has 1 aliphatic rings. The van der Waals surface area contributed by atoms with E-state index in [1.165, 1.54) is 18.2 Å². The standard InChI is InChI=1S/C17H23N3O11/c18-17(27)28-6-7-1-2-9(8(5-7)14(24)20-3-4-29-19)30-16-12(23)10(21)11(22)13(31-16)15(25)26/h1-2,5,10-13,16,21-23H,3-4,6,19H2,(H2,18,27)(H,20,24)(H,25,26)/t10-,11-,12+,13-,16+/m0/s1. The fourth-order valence-electron chi connectivity index (χ4n) is 2.69. The number of nitrogens with one attached hydrogen (secondary N) is 1. The Balaban J connectivity index is 2.29. The van der Waals surface area contributed by atoms with E-state index in [-0.39, 0.29) is 31.1 Å². The molecule has 2 rings (SSSR count). The van der Waals surface area contributed by atoms with Gasteiger partial charge in [-0.15, -0.1) is 0 Å². The lowest BCUT2D eigenvalue weighted by atomic mass is 9.99. The summed E-state index contributed by atoms with van der Waals surface area (Å²) >= 11 is 0. The van der Waals surface area contributed by atoms with Crippen molar-refractivity contribution in [3.05, 3.63) is 29.3 Å². The van der Waals surface area contributed by atoms with Crippen LogP contribution in [0, 0.1) is 0 Å². The first-order valence-electron chi connectivity index (χ1n) is 8.89. The van der Waals surface area contributed by atoms with Crippen LogP contribution in [0.25, 0.3) is 0 Å². The van der Waals surface area contributed by atoms with E-state index in [9.17, 15) is 29.7 Å². The quantitative estimate of drug-likeness (QED) is 0.150. The number of carbonyl (C=O) groups is 3. The number of primary amides is 1. The number of ether oxygens (including phenoxy) is 3. The lowest BCUT2D eigenvalue weighted by Gasteiger charge is -2.38. The molecule has 14 heteroatoms. The normalized spacial score (nSPS) is 25.5. The zero-order valence-electron chi connectivity index (χ0n) is 16.0. The number of nitrogens with two attached hydrogens (primary N) is 2. The average molecular weight is 445 g/mol. The van der Waals surface area contributed by atoms with Gasteiger partial charge in [-0.05, 0) is 17.7 Å². The summed E-state index contributed by atoms with van der Waals surface area (Å²) in [4.78, 5) is 38.9. The average Bonchev–Trinajstić information content (AvgIpc) is 2.72. The van der Waals surface area contributed by atoms with Crippen LogP contribution in [0.4, 0.5) is 4.79 Å². The molecule has 1 aliphatic heterocycles. The zero-order valence-corrected chi connectivity index (χ0v) is 16.0. The van der Waals surface area contributed by atoms with Gasteiger partial charge in [0.1, 0.15) is 30.7 Å². The largest absolute Gasteiger partial charge is 0.479 e. The van der Waals surface area contributed by atoms with Gasteiger partial charge in [0.2, 0.25) is 6.29 Å². The number of hydrogen-bond donors (Lipinski definition) is 7.